The maximum Gasteiger partial charge on any atom is 0.346 e. The first-order chi connectivity index (χ1) is 10.0. The normalized spacial score (nSPS) is 10.1. The lowest BCUT2D eigenvalue weighted by Gasteiger charge is -2.10. The Morgan fingerprint density at radius 2 is 2.14 bits per heavy atom. The zero-order chi connectivity index (χ0) is 15.4. The van der Waals surface area contributed by atoms with Crippen LogP contribution in [0.1, 0.15) is 15.2 Å². The second-order valence-corrected chi connectivity index (χ2v) is 4.88. The predicted octanol–water partition coefficient (Wildman–Crippen LogP) is 2.94. The molecule has 0 radical (unpaired) electrons. The van der Waals surface area contributed by atoms with E-state index in [1.807, 2.05) is 0 Å². The van der Waals surface area contributed by atoms with Crippen LogP contribution in [0.3, 0.4) is 0 Å². The maximum atomic E-state index is 11.0. The SMILES string of the molecule is COc1cc([N+](=O)[O-])ccc1OCc1ccsc1C(=O)O. The number of carbonyl (C=O) groups is 1. The fourth-order valence-corrected chi connectivity index (χ4v) is 2.43. The van der Waals surface area contributed by atoms with Crippen molar-refractivity contribution in [2.75, 3.05) is 7.11 Å². The quantitative estimate of drug-likeness (QED) is 0.650. The minimum absolute atomic E-state index is 0.0410. The van der Waals surface area contributed by atoms with Gasteiger partial charge in [-0.3, -0.25) is 10.1 Å². The van der Waals surface area contributed by atoms with Gasteiger partial charge in [0.2, 0.25) is 0 Å². The second kappa shape index (κ2) is 6.23. The first-order valence-corrected chi connectivity index (χ1v) is 6.65. The summed E-state index contributed by atoms with van der Waals surface area (Å²) in [5.74, 6) is -0.485. The molecule has 0 unspecified atom stereocenters. The summed E-state index contributed by atoms with van der Waals surface area (Å²) in [6.45, 7) is 0.0410. The number of methoxy groups -OCH3 is 1. The summed E-state index contributed by atoms with van der Waals surface area (Å²) in [6.07, 6.45) is 0. The standard InChI is InChI=1S/C13H11NO6S/c1-19-11-6-9(14(17)18)2-3-10(11)20-7-8-4-5-21-12(8)13(15)16/h2-6H,7H2,1H3,(H,15,16). The highest BCUT2D eigenvalue weighted by Crippen LogP contribution is 2.32. The third-order valence-corrected chi connectivity index (χ3v) is 3.63. The van der Waals surface area contributed by atoms with Gasteiger partial charge >= 0.3 is 5.97 Å². The molecule has 0 saturated heterocycles. The average molecular weight is 309 g/mol. The summed E-state index contributed by atoms with van der Waals surface area (Å²) in [4.78, 5) is 21.4. The third kappa shape index (κ3) is 3.29. The monoisotopic (exact) mass is 309 g/mol. The van der Waals surface area contributed by atoms with E-state index in [2.05, 4.69) is 0 Å². The van der Waals surface area contributed by atoms with Gasteiger partial charge in [0, 0.05) is 11.6 Å². The number of ether oxygens (including phenoxy) is 2. The molecule has 1 heterocycles. The van der Waals surface area contributed by atoms with Gasteiger partial charge in [0.05, 0.1) is 18.1 Å². The van der Waals surface area contributed by atoms with Crippen LogP contribution in [-0.4, -0.2) is 23.1 Å². The number of rotatable bonds is 6. The number of hydrogen-bond donors (Lipinski definition) is 1. The van der Waals surface area contributed by atoms with Gasteiger partial charge < -0.3 is 14.6 Å². The maximum absolute atomic E-state index is 11.0. The summed E-state index contributed by atoms with van der Waals surface area (Å²) in [5.41, 5.74) is 0.425. The molecule has 110 valence electrons. The molecular formula is C13H11NO6S. The molecule has 0 amide bonds. The number of nitro benzene ring substituents is 1. The number of non-ortho nitro benzene ring substituents is 1. The molecule has 0 aliphatic heterocycles. The number of carboxylic acid groups (broad SMARTS) is 1. The van der Waals surface area contributed by atoms with Crippen molar-refractivity contribution in [2.24, 2.45) is 0 Å². The van der Waals surface area contributed by atoms with E-state index in [1.165, 1.54) is 25.3 Å². The van der Waals surface area contributed by atoms with E-state index in [1.54, 1.807) is 11.4 Å². The van der Waals surface area contributed by atoms with E-state index in [9.17, 15) is 14.9 Å². The Hall–Kier alpha value is -2.61. The van der Waals surface area contributed by atoms with Crippen molar-refractivity contribution in [1.29, 1.82) is 0 Å². The Labute approximate surface area is 123 Å². The van der Waals surface area contributed by atoms with Gasteiger partial charge in [0.1, 0.15) is 11.5 Å². The first kappa shape index (κ1) is 14.8. The highest BCUT2D eigenvalue weighted by atomic mass is 32.1. The molecule has 0 spiro atoms. The van der Waals surface area contributed by atoms with Crippen LogP contribution < -0.4 is 9.47 Å². The molecule has 2 rings (SSSR count). The van der Waals surface area contributed by atoms with Crippen LogP contribution in [0.5, 0.6) is 11.5 Å². The molecule has 7 nitrogen and oxygen atoms in total. The molecule has 21 heavy (non-hydrogen) atoms. The summed E-state index contributed by atoms with van der Waals surface area (Å²) < 4.78 is 10.5. The van der Waals surface area contributed by atoms with Crippen LogP contribution in [-0.2, 0) is 6.61 Å². The van der Waals surface area contributed by atoms with Crippen LogP contribution in [0.2, 0.25) is 0 Å². The zero-order valence-corrected chi connectivity index (χ0v) is 11.8. The number of hydrogen-bond acceptors (Lipinski definition) is 6. The lowest BCUT2D eigenvalue weighted by Crippen LogP contribution is -2.02. The molecule has 1 N–H and O–H groups in total. The largest absolute Gasteiger partial charge is 0.493 e. The molecule has 2 aromatic rings. The molecule has 0 fully saturated rings. The lowest BCUT2D eigenvalue weighted by molar-refractivity contribution is -0.385. The van der Waals surface area contributed by atoms with E-state index in [0.717, 1.165) is 11.3 Å². The molecule has 0 aliphatic rings. The van der Waals surface area contributed by atoms with Crippen molar-refractivity contribution in [3.63, 3.8) is 0 Å². The van der Waals surface area contributed by atoms with Crippen LogP contribution in [0.25, 0.3) is 0 Å². The Kier molecular flexibility index (Phi) is 4.39. The van der Waals surface area contributed by atoms with E-state index in [4.69, 9.17) is 14.6 Å². The smallest absolute Gasteiger partial charge is 0.346 e. The van der Waals surface area contributed by atoms with Gasteiger partial charge in [-0.1, -0.05) is 0 Å². The molecule has 8 heteroatoms. The molecule has 0 saturated carbocycles. The van der Waals surface area contributed by atoms with Gasteiger partial charge in [-0.15, -0.1) is 11.3 Å². The van der Waals surface area contributed by atoms with Crippen molar-refractivity contribution >= 4 is 23.0 Å². The number of nitrogens with zero attached hydrogens (tertiary/aromatic N) is 1. The minimum atomic E-state index is -1.01. The Morgan fingerprint density at radius 3 is 2.76 bits per heavy atom. The van der Waals surface area contributed by atoms with Crippen LogP contribution in [0, 0.1) is 10.1 Å². The van der Waals surface area contributed by atoms with Gasteiger partial charge in [0.25, 0.3) is 5.69 Å². The van der Waals surface area contributed by atoms with E-state index < -0.39 is 10.9 Å². The van der Waals surface area contributed by atoms with Crippen molar-refractivity contribution < 1.29 is 24.3 Å². The molecule has 1 aromatic heterocycles. The molecule has 0 aliphatic carbocycles. The third-order valence-electron chi connectivity index (χ3n) is 2.68. The van der Waals surface area contributed by atoms with E-state index >= 15 is 0 Å². The average Bonchev–Trinajstić information content (AvgIpc) is 2.93. The van der Waals surface area contributed by atoms with Crippen molar-refractivity contribution in [1.82, 2.24) is 0 Å². The summed E-state index contributed by atoms with van der Waals surface area (Å²) in [7, 11) is 1.37. The van der Waals surface area contributed by atoms with Crippen molar-refractivity contribution in [2.45, 2.75) is 6.61 Å². The number of aromatic carboxylic acids is 1. The Bertz CT molecular complexity index is 681. The Morgan fingerprint density at radius 1 is 1.38 bits per heavy atom. The van der Waals surface area contributed by atoms with Crippen LogP contribution >= 0.6 is 11.3 Å². The summed E-state index contributed by atoms with van der Waals surface area (Å²) in [6, 6.07) is 5.63. The number of carboxylic acids is 1. The fraction of sp³-hybridized carbons (Fsp3) is 0.154. The summed E-state index contributed by atoms with van der Waals surface area (Å²) in [5, 5.41) is 21.4. The van der Waals surface area contributed by atoms with Gasteiger partial charge in [-0.2, -0.15) is 0 Å². The highest BCUT2D eigenvalue weighted by Gasteiger charge is 2.15. The van der Waals surface area contributed by atoms with Crippen LogP contribution in [0.4, 0.5) is 5.69 Å². The Balaban J connectivity index is 2.18. The van der Waals surface area contributed by atoms with E-state index in [0.29, 0.717) is 11.3 Å². The predicted molar refractivity (Wildman–Crippen MR) is 75.3 cm³/mol. The fourth-order valence-electron chi connectivity index (χ4n) is 1.68. The van der Waals surface area contributed by atoms with Crippen molar-refractivity contribution in [3.05, 3.63) is 50.2 Å². The van der Waals surface area contributed by atoms with Gasteiger partial charge in [-0.05, 0) is 17.5 Å². The lowest BCUT2D eigenvalue weighted by atomic mass is 10.2. The highest BCUT2D eigenvalue weighted by molar-refractivity contribution is 7.12. The molecule has 0 atom stereocenters. The first-order valence-electron chi connectivity index (χ1n) is 5.78. The number of nitro groups is 1. The van der Waals surface area contributed by atoms with Crippen LogP contribution in [0.15, 0.2) is 29.6 Å². The number of benzene rings is 1. The van der Waals surface area contributed by atoms with Gasteiger partial charge in [0.15, 0.2) is 11.5 Å². The minimum Gasteiger partial charge on any atom is -0.493 e. The summed E-state index contributed by atoms with van der Waals surface area (Å²) >= 11 is 1.11. The van der Waals surface area contributed by atoms with E-state index in [-0.39, 0.29) is 22.9 Å². The second-order valence-electron chi connectivity index (χ2n) is 3.96. The topological polar surface area (TPSA) is 98.9 Å². The number of thiophene rings is 1. The molecule has 0 bridgehead atoms. The van der Waals surface area contributed by atoms with Gasteiger partial charge in [-0.25, -0.2) is 4.79 Å². The zero-order valence-electron chi connectivity index (χ0n) is 10.9. The van der Waals surface area contributed by atoms with Crippen molar-refractivity contribution in [3.8, 4) is 11.5 Å². The molecular weight excluding hydrogens is 298 g/mol. The molecule has 1 aromatic carbocycles.